The molecule has 0 bridgehead atoms. The second-order valence-electron chi connectivity index (χ2n) is 7.27. The van der Waals surface area contributed by atoms with E-state index in [0.29, 0.717) is 6.61 Å². The molecular weight excluding hydrogens is 491 g/mol. The van der Waals surface area contributed by atoms with Crippen molar-refractivity contribution < 1.29 is 9.47 Å². The van der Waals surface area contributed by atoms with Crippen LogP contribution in [0.4, 0.5) is 0 Å². The smallest absolute Gasteiger partial charge is 0.191 e. The number of rotatable bonds is 8. The van der Waals surface area contributed by atoms with Crippen molar-refractivity contribution in [3.05, 3.63) is 59.9 Å². The van der Waals surface area contributed by atoms with Crippen molar-refractivity contribution in [2.75, 3.05) is 40.0 Å². The number of hydrogen-bond donors (Lipinski definition) is 2. The summed E-state index contributed by atoms with van der Waals surface area (Å²) in [6.45, 7) is 5.84. The molecule has 0 atom stereocenters. The predicted octanol–water partition coefficient (Wildman–Crippen LogP) is 3.55. The van der Waals surface area contributed by atoms with Crippen LogP contribution in [0.3, 0.4) is 0 Å². The third-order valence-electron chi connectivity index (χ3n) is 5.45. The molecule has 0 aliphatic carbocycles. The van der Waals surface area contributed by atoms with E-state index in [2.05, 4.69) is 44.9 Å². The number of benzene rings is 1. The normalized spacial score (nSPS) is 15.7. The zero-order chi connectivity index (χ0) is 20.4. The predicted molar refractivity (Wildman–Crippen MR) is 132 cm³/mol. The minimum atomic E-state index is 0. The van der Waals surface area contributed by atoms with Gasteiger partial charge in [0.15, 0.2) is 5.96 Å². The van der Waals surface area contributed by atoms with Crippen molar-refractivity contribution in [1.82, 2.24) is 15.6 Å². The average Bonchev–Trinajstić information content (AvgIpc) is 2.78. The molecule has 1 aliphatic rings. The number of guanidine groups is 1. The highest BCUT2D eigenvalue weighted by Gasteiger charge is 2.34. The number of nitrogens with one attached hydrogen (secondary N) is 2. The maximum atomic E-state index is 5.65. The van der Waals surface area contributed by atoms with Crippen LogP contribution in [-0.2, 0) is 16.6 Å². The van der Waals surface area contributed by atoms with Crippen LogP contribution in [0.25, 0.3) is 0 Å². The van der Waals surface area contributed by atoms with E-state index in [0.717, 1.165) is 63.0 Å². The van der Waals surface area contributed by atoms with Gasteiger partial charge in [-0.05, 0) is 49.6 Å². The Morgan fingerprint density at radius 2 is 1.90 bits per heavy atom. The van der Waals surface area contributed by atoms with E-state index in [-0.39, 0.29) is 29.4 Å². The number of hydrogen-bond acceptors (Lipinski definition) is 4. The van der Waals surface area contributed by atoms with Gasteiger partial charge in [-0.15, -0.1) is 24.0 Å². The molecule has 0 radical (unpaired) electrons. The first-order chi connectivity index (χ1) is 14.3. The van der Waals surface area contributed by atoms with Gasteiger partial charge in [0.05, 0.1) is 6.61 Å². The quantitative estimate of drug-likeness (QED) is 0.314. The van der Waals surface area contributed by atoms with Gasteiger partial charge in [0.2, 0.25) is 0 Å². The third kappa shape index (κ3) is 6.84. The van der Waals surface area contributed by atoms with Gasteiger partial charge < -0.3 is 20.1 Å². The van der Waals surface area contributed by atoms with Crippen molar-refractivity contribution >= 4 is 29.9 Å². The molecular formula is C23H33IN4O2. The Bertz CT molecular complexity index is 763. The number of nitrogens with zero attached hydrogens (tertiary/aromatic N) is 2. The van der Waals surface area contributed by atoms with E-state index < -0.39 is 0 Å². The lowest BCUT2D eigenvalue weighted by atomic mass is 9.74. The number of halogens is 1. The molecule has 1 aliphatic heterocycles. The molecule has 0 amide bonds. The zero-order valence-electron chi connectivity index (χ0n) is 17.9. The summed E-state index contributed by atoms with van der Waals surface area (Å²) in [6, 6.07) is 14.5. The molecule has 1 aromatic carbocycles. The highest BCUT2D eigenvalue weighted by molar-refractivity contribution is 14.0. The van der Waals surface area contributed by atoms with Crippen LogP contribution in [0.1, 0.15) is 31.0 Å². The molecule has 164 valence electrons. The maximum absolute atomic E-state index is 5.65. The van der Waals surface area contributed by atoms with Gasteiger partial charge in [0, 0.05) is 57.1 Å². The van der Waals surface area contributed by atoms with E-state index in [1.54, 1.807) is 0 Å². The highest BCUT2D eigenvalue weighted by atomic mass is 127. The Morgan fingerprint density at radius 1 is 1.13 bits per heavy atom. The molecule has 0 saturated carbocycles. The van der Waals surface area contributed by atoms with Crippen molar-refractivity contribution in [3.8, 4) is 5.75 Å². The molecule has 2 N–H and O–H groups in total. The standard InChI is InChI=1S/C23H32N4O2.HI/c1-3-29-21-9-7-19(8-10-21)23(12-16-28-17-13-23)18-27-22(24-2)26-15-11-20-6-4-5-14-25-20;/h4-10,14H,3,11-13,15-18H2,1-2H3,(H2,24,26,27);1H. The summed E-state index contributed by atoms with van der Waals surface area (Å²) >= 11 is 0. The van der Waals surface area contributed by atoms with Crippen LogP contribution in [-0.4, -0.2) is 50.9 Å². The molecule has 0 unspecified atom stereocenters. The largest absolute Gasteiger partial charge is 0.494 e. The fourth-order valence-electron chi connectivity index (χ4n) is 3.73. The lowest BCUT2D eigenvalue weighted by Gasteiger charge is -2.38. The van der Waals surface area contributed by atoms with Gasteiger partial charge in [-0.2, -0.15) is 0 Å². The molecule has 2 aromatic rings. The summed E-state index contributed by atoms with van der Waals surface area (Å²) in [5.41, 5.74) is 2.42. The summed E-state index contributed by atoms with van der Waals surface area (Å²) in [5.74, 6) is 1.73. The lowest BCUT2D eigenvalue weighted by Crippen LogP contribution is -2.48. The van der Waals surface area contributed by atoms with Crippen molar-refractivity contribution in [2.45, 2.75) is 31.6 Å². The van der Waals surface area contributed by atoms with Crippen LogP contribution >= 0.6 is 24.0 Å². The number of pyridine rings is 1. The van der Waals surface area contributed by atoms with Crippen LogP contribution in [0.2, 0.25) is 0 Å². The number of aliphatic imine (C=N–C) groups is 1. The van der Waals surface area contributed by atoms with E-state index >= 15 is 0 Å². The van der Waals surface area contributed by atoms with Crippen molar-refractivity contribution in [1.29, 1.82) is 0 Å². The fraction of sp³-hybridized carbons (Fsp3) is 0.478. The SMILES string of the molecule is CCOc1ccc(C2(CNC(=NC)NCCc3ccccn3)CCOCC2)cc1.I. The first kappa shape index (κ1) is 24.4. The molecule has 1 fully saturated rings. The average molecular weight is 524 g/mol. The highest BCUT2D eigenvalue weighted by Crippen LogP contribution is 2.35. The Balaban J connectivity index is 0.00000320. The van der Waals surface area contributed by atoms with Gasteiger partial charge in [0.25, 0.3) is 0 Å². The Kier molecular flexibility index (Phi) is 10.4. The summed E-state index contributed by atoms with van der Waals surface area (Å²) in [6.07, 6.45) is 4.66. The summed E-state index contributed by atoms with van der Waals surface area (Å²) in [5, 5.41) is 6.94. The van der Waals surface area contributed by atoms with E-state index in [4.69, 9.17) is 9.47 Å². The van der Waals surface area contributed by atoms with E-state index in [1.807, 2.05) is 38.4 Å². The fourth-order valence-corrected chi connectivity index (χ4v) is 3.73. The second kappa shape index (κ2) is 12.7. The summed E-state index contributed by atoms with van der Waals surface area (Å²) in [7, 11) is 1.81. The van der Waals surface area contributed by atoms with Gasteiger partial charge in [0.1, 0.15) is 5.75 Å². The molecule has 7 heteroatoms. The van der Waals surface area contributed by atoms with Crippen LogP contribution in [0.15, 0.2) is 53.7 Å². The monoisotopic (exact) mass is 524 g/mol. The Labute approximate surface area is 196 Å². The van der Waals surface area contributed by atoms with Crippen LogP contribution in [0, 0.1) is 0 Å². The molecule has 6 nitrogen and oxygen atoms in total. The minimum Gasteiger partial charge on any atom is -0.494 e. The van der Waals surface area contributed by atoms with Gasteiger partial charge in [-0.3, -0.25) is 9.98 Å². The Morgan fingerprint density at radius 3 is 2.53 bits per heavy atom. The van der Waals surface area contributed by atoms with Gasteiger partial charge >= 0.3 is 0 Å². The summed E-state index contributed by atoms with van der Waals surface area (Å²) in [4.78, 5) is 8.76. The molecule has 1 saturated heterocycles. The third-order valence-corrected chi connectivity index (χ3v) is 5.45. The zero-order valence-corrected chi connectivity index (χ0v) is 20.2. The van der Waals surface area contributed by atoms with Crippen LogP contribution < -0.4 is 15.4 Å². The molecule has 0 spiro atoms. The van der Waals surface area contributed by atoms with Crippen molar-refractivity contribution in [2.24, 2.45) is 4.99 Å². The van der Waals surface area contributed by atoms with Gasteiger partial charge in [-0.1, -0.05) is 18.2 Å². The number of ether oxygens (including phenoxy) is 2. The minimum absolute atomic E-state index is 0. The molecule has 1 aromatic heterocycles. The lowest BCUT2D eigenvalue weighted by molar-refractivity contribution is 0.0513. The first-order valence-corrected chi connectivity index (χ1v) is 10.4. The van der Waals surface area contributed by atoms with Crippen molar-refractivity contribution in [3.63, 3.8) is 0 Å². The topological polar surface area (TPSA) is 67.8 Å². The molecule has 2 heterocycles. The number of aromatic nitrogens is 1. The molecule has 30 heavy (non-hydrogen) atoms. The Hall–Kier alpha value is -1.87. The van der Waals surface area contributed by atoms with E-state index in [1.165, 1.54) is 5.56 Å². The maximum Gasteiger partial charge on any atom is 0.191 e. The van der Waals surface area contributed by atoms with Crippen LogP contribution in [0.5, 0.6) is 5.75 Å². The molecule has 3 rings (SSSR count). The summed E-state index contributed by atoms with van der Waals surface area (Å²) < 4.78 is 11.3. The first-order valence-electron chi connectivity index (χ1n) is 10.4. The van der Waals surface area contributed by atoms with Gasteiger partial charge in [-0.25, -0.2) is 0 Å². The van der Waals surface area contributed by atoms with E-state index in [9.17, 15) is 0 Å². The second-order valence-corrected chi connectivity index (χ2v) is 7.27.